The second-order valence-electron chi connectivity index (χ2n) is 5.76. The average molecular weight is 290 g/mol. The number of rotatable bonds is 3. The molecular formula is C12H17F3N4O. The Hall–Kier alpha value is -1.15. The minimum atomic E-state index is -4.10. The maximum atomic E-state index is 12.4. The van der Waals surface area contributed by atoms with Gasteiger partial charge in [0.05, 0.1) is 13.1 Å². The summed E-state index contributed by atoms with van der Waals surface area (Å²) >= 11 is 0. The summed E-state index contributed by atoms with van der Waals surface area (Å²) in [5, 5.41) is 3.74. The van der Waals surface area contributed by atoms with E-state index in [0.29, 0.717) is 43.2 Å². The van der Waals surface area contributed by atoms with Crippen molar-refractivity contribution in [2.75, 3.05) is 32.7 Å². The second-order valence-corrected chi connectivity index (χ2v) is 5.76. The van der Waals surface area contributed by atoms with Gasteiger partial charge in [-0.1, -0.05) is 5.16 Å². The third-order valence-corrected chi connectivity index (χ3v) is 3.97. The Morgan fingerprint density at radius 1 is 1.15 bits per heavy atom. The number of hydrogen-bond donors (Lipinski definition) is 0. The van der Waals surface area contributed by atoms with Gasteiger partial charge in [0.2, 0.25) is 5.89 Å². The van der Waals surface area contributed by atoms with Crippen LogP contribution in [0.15, 0.2) is 4.52 Å². The second kappa shape index (κ2) is 5.00. The highest BCUT2D eigenvalue weighted by atomic mass is 19.4. The lowest BCUT2D eigenvalue weighted by molar-refractivity contribution is -0.144. The summed E-state index contributed by atoms with van der Waals surface area (Å²) in [5.41, 5.74) is 0. The first-order chi connectivity index (χ1) is 9.39. The van der Waals surface area contributed by atoms with Gasteiger partial charge in [-0.15, -0.1) is 0 Å². The van der Waals surface area contributed by atoms with Gasteiger partial charge < -0.3 is 4.52 Å². The number of alkyl halides is 3. The van der Waals surface area contributed by atoms with Crippen LogP contribution in [0.25, 0.3) is 0 Å². The molecule has 2 fully saturated rings. The lowest BCUT2D eigenvalue weighted by atomic mass is 10.0. The van der Waals surface area contributed by atoms with E-state index in [9.17, 15) is 13.2 Å². The Kier molecular flexibility index (Phi) is 3.45. The van der Waals surface area contributed by atoms with Crippen LogP contribution >= 0.6 is 0 Å². The summed E-state index contributed by atoms with van der Waals surface area (Å²) < 4.78 is 42.2. The number of likely N-dealkylation sites (tertiary alicyclic amines) is 2. The third kappa shape index (κ3) is 3.12. The molecule has 0 radical (unpaired) electrons. The first kappa shape index (κ1) is 13.8. The highest BCUT2D eigenvalue weighted by molar-refractivity contribution is 4.95. The molecule has 2 unspecified atom stereocenters. The van der Waals surface area contributed by atoms with Crippen LogP contribution in [-0.4, -0.2) is 58.8 Å². The number of halogens is 3. The predicted molar refractivity (Wildman–Crippen MR) is 63.8 cm³/mol. The maximum absolute atomic E-state index is 12.4. The number of fused-ring (bicyclic) bond motifs is 1. The van der Waals surface area contributed by atoms with Crippen LogP contribution in [0, 0.1) is 18.8 Å². The molecule has 1 aromatic heterocycles. The number of hydrogen-bond acceptors (Lipinski definition) is 5. The normalized spacial score (nSPS) is 28.2. The van der Waals surface area contributed by atoms with E-state index in [1.807, 2.05) is 0 Å². The summed E-state index contributed by atoms with van der Waals surface area (Å²) in [4.78, 5) is 7.86. The van der Waals surface area contributed by atoms with Gasteiger partial charge in [0, 0.05) is 26.2 Å². The summed E-state index contributed by atoms with van der Waals surface area (Å²) in [7, 11) is 0. The van der Waals surface area contributed by atoms with Gasteiger partial charge in [-0.05, 0) is 18.8 Å². The third-order valence-electron chi connectivity index (χ3n) is 3.97. The van der Waals surface area contributed by atoms with Crippen molar-refractivity contribution in [3.63, 3.8) is 0 Å². The molecule has 3 rings (SSSR count). The van der Waals surface area contributed by atoms with Crippen molar-refractivity contribution in [2.45, 2.75) is 19.6 Å². The maximum Gasteiger partial charge on any atom is 0.401 e. The fraction of sp³-hybridized carbons (Fsp3) is 0.833. The van der Waals surface area contributed by atoms with Crippen molar-refractivity contribution in [3.8, 4) is 0 Å². The van der Waals surface area contributed by atoms with Crippen molar-refractivity contribution in [1.82, 2.24) is 19.9 Å². The Bertz CT molecular complexity index is 462. The van der Waals surface area contributed by atoms with E-state index in [2.05, 4.69) is 15.0 Å². The van der Waals surface area contributed by atoms with E-state index in [1.54, 1.807) is 6.92 Å². The van der Waals surface area contributed by atoms with Crippen molar-refractivity contribution in [3.05, 3.63) is 11.7 Å². The molecule has 3 heterocycles. The Balaban J connectivity index is 1.51. The van der Waals surface area contributed by atoms with Crippen LogP contribution in [0.4, 0.5) is 13.2 Å². The largest absolute Gasteiger partial charge is 0.401 e. The lowest BCUT2D eigenvalue weighted by Gasteiger charge is -2.21. The highest BCUT2D eigenvalue weighted by Gasteiger charge is 2.43. The van der Waals surface area contributed by atoms with Gasteiger partial charge in [0.25, 0.3) is 0 Å². The van der Waals surface area contributed by atoms with E-state index in [4.69, 9.17) is 4.52 Å². The topological polar surface area (TPSA) is 45.4 Å². The van der Waals surface area contributed by atoms with E-state index in [1.165, 1.54) is 4.90 Å². The van der Waals surface area contributed by atoms with E-state index >= 15 is 0 Å². The van der Waals surface area contributed by atoms with E-state index < -0.39 is 12.7 Å². The van der Waals surface area contributed by atoms with Gasteiger partial charge in [0.1, 0.15) is 0 Å². The molecule has 0 saturated carbocycles. The molecule has 112 valence electrons. The Morgan fingerprint density at radius 3 is 2.25 bits per heavy atom. The molecule has 5 nitrogen and oxygen atoms in total. The van der Waals surface area contributed by atoms with Crippen molar-refractivity contribution in [2.24, 2.45) is 11.8 Å². The van der Waals surface area contributed by atoms with Gasteiger partial charge in [-0.3, -0.25) is 9.80 Å². The van der Waals surface area contributed by atoms with Crippen molar-refractivity contribution >= 4 is 0 Å². The molecular weight excluding hydrogens is 273 g/mol. The van der Waals surface area contributed by atoms with Gasteiger partial charge >= 0.3 is 6.18 Å². The van der Waals surface area contributed by atoms with Crippen LogP contribution in [0.5, 0.6) is 0 Å². The summed E-state index contributed by atoms with van der Waals surface area (Å²) in [6.07, 6.45) is -4.10. The van der Waals surface area contributed by atoms with Gasteiger partial charge in [-0.2, -0.15) is 18.2 Å². The molecule has 8 heteroatoms. The molecule has 0 bridgehead atoms. The molecule has 0 aromatic carbocycles. The zero-order valence-electron chi connectivity index (χ0n) is 11.2. The van der Waals surface area contributed by atoms with Gasteiger partial charge in [0.15, 0.2) is 5.82 Å². The van der Waals surface area contributed by atoms with Crippen LogP contribution in [0.3, 0.4) is 0 Å². The number of nitrogens with zero attached hydrogens (tertiary/aromatic N) is 4. The van der Waals surface area contributed by atoms with Crippen LogP contribution in [0.1, 0.15) is 11.7 Å². The standard InChI is InChI=1S/C12H17F3N4O/c1-8-16-11(20-17-8)6-18-2-9-4-19(5-10(9)3-18)7-12(13,14)15/h9-10H,2-7H2,1H3. The molecule has 0 amide bonds. The minimum Gasteiger partial charge on any atom is -0.338 e. The van der Waals surface area contributed by atoms with Gasteiger partial charge in [-0.25, -0.2) is 0 Å². The monoisotopic (exact) mass is 290 g/mol. The first-order valence-electron chi connectivity index (χ1n) is 6.70. The molecule has 20 heavy (non-hydrogen) atoms. The zero-order chi connectivity index (χ0) is 14.3. The molecule has 2 aliphatic rings. The smallest absolute Gasteiger partial charge is 0.338 e. The van der Waals surface area contributed by atoms with E-state index in [-0.39, 0.29) is 0 Å². The molecule has 0 aliphatic carbocycles. The van der Waals surface area contributed by atoms with Crippen molar-refractivity contribution in [1.29, 1.82) is 0 Å². The molecule has 1 aromatic rings. The fourth-order valence-corrected chi connectivity index (χ4v) is 3.29. The number of aryl methyl sites for hydroxylation is 1. The highest BCUT2D eigenvalue weighted by Crippen LogP contribution is 2.33. The number of aromatic nitrogens is 2. The van der Waals surface area contributed by atoms with Crippen LogP contribution in [-0.2, 0) is 6.54 Å². The molecule has 0 spiro atoms. The molecule has 2 aliphatic heterocycles. The Labute approximate surface area is 114 Å². The average Bonchev–Trinajstić information content (AvgIpc) is 2.92. The summed E-state index contributed by atoms with van der Waals surface area (Å²) in [6.45, 7) is 4.24. The quantitative estimate of drug-likeness (QED) is 0.840. The van der Waals surface area contributed by atoms with Crippen molar-refractivity contribution < 1.29 is 17.7 Å². The molecule has 2 saturated heterocycles. The molecule has 0 N–H and O–H groups in total. The summed E-state index contributed by atoms with van der Waals surface area (Å²) in [6, 6.07) is 0. The minimum absolute atomic E-state index is 0.321. The Morgan fingerprint density at radius 2 is 1.75 bits per heavy atom. The fourth-order valence-electron chi connectivity index (χ4n) is 3.29. The molecule has 2 atom stereocenters. The van der Waals surface area contributed by atoms with Crippen LogP contribution < -0.4 is 0 Å². The lowest BCUT2D eigenvalue weighted by Crippen LogP contribution is -2.35. The van der Waals surface area contributed by atoms with E-state index in [0.717, 1.165) is 13.1 Å². The SMILES string of the molecule is Cc1noc(CN2CC3CN(CC(F)(F)F)CC3C2)n1. The predicted octanol–water partition coefficient (Wildman–Crippen LogP) is 1.30. The first-order valence-corrected chi connectivity index (χ1v) is 6.70. The zero-order valence-corrected chi connectivity index (χ0v) is 11.2. The summed E-state index contributed by atoms with van der Waals surface area (Å²) in [5.74, 6) is 1.83. The van der Waals surface area contributed by atoms with Crippen LogP contribution in [0.2, 0.25) is 0 Å².